The predicted molar refractivity (Wildman–Crippen MR) is 141 cm³/mol. The minimum atomic E-state index is -1.33. The Balaban J connectivity index is 1.54. The van der Waals surface area contributed by atoms with E-state index in [1.54, 1.807) is 0 Å². The SMILES string of the molecule is CC1(C)CC[C@]2(B(O)O)CC[C@@]3(C)[C@]4(C)CC[C@H]5C(C)(C)C(=O)C(C#N)=C[C@]5(C)C4=CC4=N[C@]43[C@@H]2C1. The Kier molecular flexibility index (Phi) is 4.54. The molecule has 36 heavy (non-hydrogen) atoms. The number of Topliss-reactive ketones (excluding diaryl/α,β-unsaturated/α-hetero) is 1. The average molecular weight is 488 g/mol. The molecule has 6 rings (SSSR count). The lowest BCUT2D eigenvalue weighted by atomic mass is 9.29. The number of carbonyl (C=O) groups excluding carboxylic acids is 1. The van der Waals surface area contributed by atoms with Gasteiger partial charge in [0, 0.05) is 21.6 Å². The van der Waals surface area contributed by atoms with Crippen LogP contribution >= 0.6 is 0 Å². The summed E-state index contributed by atoms with van der Waals surface area (Å²) in [5.74, 6) is 0.220. The molecule has 0 aromatic rings. The molecular weight excluding hydrogens is 447 g/mol. The molecule has 0 bridgehead atoms. The molecule has 192 valence electrons. The van der Waals surface area contributed by atoms with Crippen LogP contribution in [0.2, 0.25) is 5.31 Å². The third-order valence-electron chi connectivity index (χ3n) is 12.9. The summed E-state index contributed by atoms with van der Waals surface area (Å²) in [5.41, 5.74) is 1.28. The molecule has 3 fully saturated rings. The number of fused-ring (bicyclic) bond motifs is 5. The zero-order chi connectivity index (χ0) is 26.3. The summed E-state index contributed by atoms with van der Waals surface area (Å²) in [5, 5.41) is 31.0. The van der Waals surface area contributed by atoms with Gasteiger partial charge in [-0.25, -0.2) is 0 Å². The van der Waals surface area contributed by atoms with E-state index >= 15 is 0 Å². The molecule has 3 saturated carbocycles. The van der Waals surface area contributed by atoms with Gasteiger partial charge in [-0.15, -0.1) is 0 Å². The first kappa shape index (κ1) is 24.6. The van der Waals surface area contributed by atoms with Gasteiger partial charge >= 0.3 is 7.12 Å². The number of carbonyl (C=O) groups is 1. The number of hydrogen-bond donors (Lipinski definition) is 2. The van der Waals surface area contributed by atoms with E-state index in [9.17, 15) is 20.1 Å². The van der Waals surface area contributed by atoms with Gasteiger partial charge in [0.15, 0.2) is 5.78 Å². The maximum absolute atomic E-state index is 13.2. The van der Waals surface area contributed by atoms with Crippen molar-refractivity contribution in [1.29, 1.82) is 5.26 Å². The van der Waals surface area contributed by atoms with Gasteiger partial charge in [0.25, 0.3) is 0 Å². The third-order valence-corrected chi connectivity index (χ3v) is 12.9. The van der Waals surface area contributed by atoms with Crippen LogP contribution in [0.5, 0.6) is 0 Å². The van der Waals surface area contributed by atoms with Crippen molar-refractivity contribution in [2.45, 2.75) is 104 Å². The number of nitrogens with zero attached hydrogens (tertiary/aromatic N) is 2. The average Bonchev–Trinajstić information content (AvgIpc) is 3.52. The van der Waals surface area contributed by atoms with E-state index < -0.39 is 17.8 Å². The standard InChI is InChI=1S/C30H41BN2O3/c1-24(2)10-12-29(31(35)36)13-11-28(7)27(6)9-8-19-25(3,4)23(34)18(17-32)15-26(19,5)20(27)14-22-30(28,33-22)21(29)16-24/h14-15,19,21,35-36H,8-13,16H2,1-7H3/t19-,21+,26-,27+,28-,29-,30+/m0/s1. The Hall–Kier alpha value is -1.71. The quantitative estimate of drug-likeness (QED) is 0.481. The van der Waals surface area contributed by atoms with E-state index in [0.29, 0.717) is 5.57 Å². The number of aliphatic imine (C=N–C) groups is 1. The topological polar surface area (TPSA) is 93.7 Å². The molecule has 2 N–H and O–H groups in total. The van der Waals surface area contributed by atoms with Gasteiger partial charge in [-0.2, -0.15) is 5.26 Å². The lowest BCUT2D eigenvalue weighted by Crippen LogP contribution is -2.68. The fourth-order valence-electron chi connectivity index (χ4n) is 10.5. The minimum Gasteiger partial charge on any atom is -0.427 e. The summed E-state index contributed by atoms with van der Waals surface area (Å²) in [4.78, 5) is 18.6. The van der Waals surface area contributed by atoms with Crippen molar-refractivity contribution in [2.24, 2.45) is 43.9 Å². The summed E-state index contributed by atoms with van der Waals surface area (Å²) in [6, 6.07) is 2.22. The second-order valence-corrected chi connectivity index (χ2v) is 15.1. The second kappa shape index (κ2) is 6.64. The molecule has 5 nitrogen and oxygen atoms in total. The zero-order valence-corrected chi connectivity index (χ0v) is 23.0. The van der Waals surface area contributed by atoms with E-state index in [4.69, 9.17) is 4.99 Å². The Morgan fingerprint density at radius 1 is 1.00 bits per heavy atom. The smallest absolute Gasteiger partial charge is 0.427 e. The highest BCUT2D eigenvalue weighted by Gasteiger charge is 2.80. The molecule has 6 heteroatoms. The molecule has 1 heterocycles. The van der Waals surface area contributed by atoms with Crippen LogP contribution < -0.4 is 0 Å². The van der Waals surface area contributed by atoms with E-state index in [0.717, 1.165) is 50.7 Å². The molecule has 0 aromatic heterocycles. The molecule has 1 aliphatic heterocycles. The normalized spacial score (nSPS) is 49.4. The largest absolute Gasteiger partial charge is 0.458 e. The fourth-order valence-corrected chi connectivity index (χ4v) is 10.5. The van der Waals surface area contributed by atoms with Crippen LogP contribution in [-0.2, 0) is 4.79 Å². The highest BCUT2D eigenvalue weighted by Crippen LogP contribution is 2.80. The first-order valence-electron chi connectivity index (χ1n) is 13.9. The Morgan fingerprint density at radius 2 is 1.67 bits per heavy atom. The van der Waals surface area contributed by atoms with E-state index in [2.05, 4.69) is 46.8 Å². The molecule has 0 amide bonds. The number of nitriles is 1. The van der Waals surface area contributed by atoms with E-state index in [1.807, 2.05) is 19.9 Å². The van der Waals surface area contributed by atoms with Crippen LogP contribution in [0.4, 0.5) is 0 Å². The van der Waals surface area contributed by atoms with Crippen molar-refractivity contribution in [2.75, 3.05) is 0 Å². The van der Waals surface area contributed by atoms with Crippen LogP contribution in [0.1, 0.15) is 93.4 Å². The van der Waals surface area contributed by atoms with Crippen molar-refractivity contribution in [3.8, 4) is 6.07 Å². The minimum absolute atomic E-state index is 0.0272. The number of ketones is 1. The molecule has 0 radical (unpaired) electrons. The number of rotatable bonds is 1. The molecule has 0 aromatic carbocycles. The zero-order valence-electron chi connectivity index (χ0n) is 23.0. The van der Waals surface area contributed by atoms with E-state index in [-0.39, 0.29) is 44.8 Å². The summed E-state index contributed by atoms with van der Waals surface area (Å²) >= 11 is 0. The van der Waals surface area contributed by atoms with Crippen LogP contribution in [-0.4, -0.2) is 34.2 Å². The third kappa shape index (κ3) is 2.46. The monoisotopic (exact) mass is 488 g/mol. The molecule has 0 unspecified atom stereocenters. The maximum atomic E-state index is 13.2. The first-order valence-corrected chi connectivity index (χ1v) is 13.9. The number of hydrogen-bond acceptors (Lipinski definition) is 5. The van der Waals surface area contributed by atoms with Crippen molar-refractivity contribution in [3.05, 3.63) is 23.3 Å². The van der Waals surface area contributed by atoms with Crippen molar-refractivity contribution in [1.82, 2.24) is 0 Å². The van der Waals surface area contributed by atoms with Gasteiger partial charge in [-0.1, -0.05) is 60.1 Å². The summed E-state index contributed by atoms with van der Waals surface area (Å²) in [6.45, 7) is 15.8. The molecule has 1 spiro atoms. The molecule has 5 aliphatic carbocycles. The van der Waals surface area contributed by atoms with Gasteiger partial charge in [-0.05, 0) is 73.7 Å². The summed E-state index contributed by atoms with van der Waals surface area (Å²) in [7, 11) is -1.33. The first-order chi connectivity index (χ1) is 16.6. The van der Waals surface area contributed by atoms with Crippen molar-refractivity contribution < 1.29 is 14.8 Å². The Morgan fingerprint density at radius 3 is 2.31 bits per heavy atom. The van der Waals surface area contributed by atoms with Gasteiger partial charge in [0.1, 0.15) is 11.6 Å². The lowest BCUT2D eigenvalue weighted by Gasteiger charge is -2.69. The Bertz CT molecular complexity index is 1220. The molecule has 7 atom stereocenters. The van der Waals surface area contributed by atoms with Crippen molar-refractivity contribution in [3.63, 3.8) is 0 Å². The van der Waals surface area contributed by atoms with Gasteiger partial charge in [0.05, 0.1) is 11.3 Å². The Labute approximate surface area is 216 Å². The summed E-state index contributed by atoms with van der Waals surface area (Å²) < 4.78 is 0. The summed E-state index contributed by atoms with van der Waals surface area (Å²) in [6.07, 6.45) is 10.7. The predicted octanol–water partition coefficient (Wildman–Crippen LogP) is 5.44. The van der Waals surface area contributed by atoms with Crippen molar-refractivity contribution >= 4 is 18.6 Å². The highest BCUT2D eigenvalue weighted by atomic mass is 16.4. The molecule has 0 saturated heterocycles. The second-order valence-electron chi connectivity index (χ2n) is 15.1. The van der Waals surface area contributed by atoms with Crippen LogP contribution in [0.3, 0.4) is 0 Å². The highest BCUT2D eigenvalue weighted by molar-refractivity contribution is 6.46. The maximum Gasteiger partial charge on any atom is 0.458 e. The van der Waals surface area contributed by atoms with Gasteiger partial charge in [-0.3, -0.25) is 9.79 Å². The fraction of sp³-hybridized carbons (Fsp3) is 0.767. The molecule has 6 aliphatic rings. The van der Waals surface area contributed by atoms with Crippen LogP contribution in [0.25, 0.3) is 0 Å². The molecular formula is C30H41BN2O3. The van der Waals surface area contributed by atoms with Crippen LogP contribution in [0, 0.1) is 50.2 Å². The number of allylic oxidation sites excluding steroid dienone is 3. The van der Waals surface area contributed by atoms with E-state index in [1.165, 1.54) is 5.57 Å². The van der Waals surface area contributed by atoms with Crippen LogP contribution in [0.15, 0.2) is 28.3 Å². The lowest BCUT2D eigenvalue weighted by molar-refractivity contribution is -0.134. The van der Waals surface area contributed by atoms with Gasteiger partial charge in [0.2, 0.25) is 0 Å². The van der Waals surface area contributed by atoms with Gasteiger partial charge < -0.3 is 10.0 Å².